The summed E-state index contributed by atoms with van der Waals surface area (Å²) in [4.78, 5) is 0. The lowest BCUT2D eigenvalue weighted by atomic mass is 10.6. The number of nitrogens with one attached hydrogen (secondary N) is 1. The van der Waals surface area contributed by atoms with Gasteiger partial charge in [-0.05, 0) is 19.9 Å². The van der Waals surface area contributed by atoms with E-state index < -0.39 is 0 Å². The molecule has 0 aromatic heterocycles. The standard InChI is InChI=1S/C7H14N2O/c1-4-7(9-3)10-5-6(2)8/h4-5,9H,8H2,1-3H3/b6-5-,7-4-. The molecule has 0 amide bonds. The van der Waals surface area contributed by atoms with Gasteiger partial charge in [-0.15, -0.1) is 0 Å². The van der Waals surface area contributed by atoms with E-state index in [-0.39, 0.29) is 0 Å². The Balaban J connectivity index is 3.78. The van der Waals surface area contributed by atoms with E-state index in [1.807, 2.05) is 13.0 Å². The molecule has 0 aromatic carbocycles. The molecule has 0 rings (SSSR count). The summed E-state index contributed by atoms with van der Waals surface area (Å²) in [5.74, 6) is 0.699. The largest absolute Gasteiger partial charge is 0.448 e. The van der Waals surface area contributed by atoms with Gasteiger partial charge in [-0.1, -0.05) is 0 Å². The maximum Gasteiger partial charge on any atom is 0.188 e. The molecule has 0 saturated carbocycles. The molecule has 0 aliphatic heterocycles. The van der Waals surface area contributed by atoms with Crippen LogP contribution in [-0.2, 0) is 4.74 Å². The second-order valence-corrected chi connectivity index (χ2v) is 1.88. The van der Waals surface area contributed by atoms with Gasteiger partial charge in [-0.25, -0.2) is 0 Å². The number of hydrogen-bond acceptors (Lipinski definition) is 3. The summed E-state index contributed by atoms with van der Waals surface area (Å²) in [5, 5.41) is 2.85. The van der Waals surface area contributed by atoms with Crippen LogP contribution in [-0.4, -0.2) is 7.05 Å². The minimum absolute atomic E-state index is 0.648. The monoisotopic (exact) mass is 142 g/mol. The number of nitrogens with two attached hydrogens (primary N) is 1. The van der Waals surface area contributed by atoms with Crippen LogP contribution in [0.3, 0.4) is 0 Å². The van der Waals surface area contributed by atoms with Crippen LogP contribution in [0.1, 0.15) is 13.8 Å². The second kappa shape index (κ2) is 4.73. The van der Waals surface area contributed by atoms with E-state index in [0.29, 0.717) is 11.6 Å². The Bertz CT molecular complexity index is 146. The van der Waals surface area contributed by atoms with Crippen molar-refractivity contribution in [1.82, 2.24) is 5.32 Å². The second-order valence-electron chi connectivity index (χ2n) is 1.88. The minimum Gasteiger partial charge on any atom is -0.448 e. The first kappa shape index (κ1) is 8.88. The topological polar surface area (TPSA) is 47.3 Å². The molecule has 3 N–H and O–H groups in total. The summed E-state index contributed by atoms with van der Waals surface area (Å²) in [6.45, 7) is 3.65. The van der Waals surface area contributed by atoms with E-state index in [0.717, 1.165) is 0 Å². The number of allylic oxidation sites excluding steroid dienone is 2. The van der Waals surface area contributed by atoms with Gasteiger partial charge in [0.15, 0.2) is 5.88 Å². The van der Waals surface area contributed by atoms with E-state index in [2.05, 4.69) is 5.32 Å². The van der Waals surface area contributed by atoms with E-state index in [4.69, 9.17) is 10.5 Å². The van der Waals surface area contributed by atoms with Crippen LogP contribution in [0, 0.1) is 0 Å². The predicted octanol–water partition coefficient (Wildman–Crippen LogP) is 0.904. The highest BCUT2D eigenvalue weighted by molar-refractivity contribution is 4.92. The first-order valence-electron chi connectivity index (χ1n) is 3.13. The zero-order valence-electron chi connectivity index (χ0n) is 6.64. The van der Waals surface area contributed by atoms with Gasteiger partial charge < -0.3 is 15.8 Å². The molecule has 0 fully saturated rings. The van der Waals surface area contributed by atoms with E-state index in [9.17, 15) is 0 Å². The molecular weight excluding hydrogens is 128 g/mol. The Morgan fingerprint density at radius 3 is 2.50 bits per heavy atom. The molecule has 10 heavy (non-hydrogen) atoms. The van der Waals surface area contributed by atoms with Crippen molar-refractivity contribution in [2.24, 2.45) is 5.73 Å². The van der Waals surface area contributed by atoms with Crippen molar-refractivity contribution in [3.63, 3.8) is 0 Å². The summed E-state index contributed by atoms with van der Waals surface area (Å²) < 4.78 is 5.06. The third-order valence-corrected chi connectivity index (χ3v) is 0.880. The molecule has 0 unspecified atom stereocenters. The maximum absolute atomic E-state index is 5.33. The lowest BCUT2D eigenvalue weighted by Gasteiger charge is -2.03. The zero-order chi connectivity index (χ0) is 7.98. The molecule has 0 atom stereocenters. The van der Waals surface area contributed by atoms with E-state index in [1.54, 1.807) is 14.0 Å². The summed E-state index contributed by atoms with van der Waals surface area (Å²) >= 11 is 0. The molecule has 0 bridgehead atoms. The smallest absolute Gasteiger partial charge is 0.188 e. The molecule has 0 aromatic rings. The van der Waals surface area contributed by atoms with E-state index in [1.165, 1.54) is 6.26 Å². The van der Waals surface area contributed by atoms with Crippen molar-refractivity contribution in [2.45, 2.75) is 13.8 Å². The quantitative estimate of drug-likeness (QED) is 0.576. The van der Waals surface area contributed by atoms with Gasteiger partial charge in [-0.3, -0.25) is 0 Å². The molecule has 58 valence electrons. The van der Waals surface area contributed by atoms with Gasteiger partial charge in [0.1, 0.15) is 6.26 Å². The van der Waals surface area contributed by atoms with Crippen LogP contribution >= 0.6 is 0 Å². The van der Waals surface area contributed by atoms with E-state index >= 15 is 0 Å². The molecule has 3 nitrogen and oxygen atoms in total. The molecule has 0 radical (unpaired) electrons. The summed E-state index contributed by atoms with van der Waals surface area (Å²) in [7, 11) is 1.79. The Hall–Kier alpha value is -1.12. The Kier molecular flexibility index (Phi) is 4.20. The zero-order valence-corrected chi connectivity index (χ0v) is 6.64. The van der Waals surface area contributed by atoms with Crippen molar-refractivity contribution >= 4 is 0 Å². The van der Waals surface area contributed by atoms with Crippen molar-refractivity contribution in [3.05, 3.63) is 23.9 Å². The SMILES string of the molecule is C/C=C(/NC)O/C=C(/C)N. The van der Waals surface area contributed by atoms with Crippen molar-refractivity contribution < 1.29 is 4.74 Å². The van der Waals surface area contributed by atoms with Crippen molar-refractivity contribution in [2.75, 3.05) is 7.05 Å². The molecule has 0 saturated heterocycles. The van der Waals surface area contributed by atoms with Crippen LogP contribution in [0.15, 0.2) is 23.9 Å². The predicted molar refractivity (Wildman–Crippen MR) is 41.8 cm³/mol. The fourth-order valence-electron chi connectivity index (χ4n) is 0.428. The minimum atomic E-state index is 0.648. The number of ether oxygens (including phenoxy) is 1. The highest BCUT2D eigenvalue weighted by Gasteiger charge is 1.86. The first-order chi connectivity index (χ1) is 4.70. The lowest BCUT2D eigenvalue weighted by Crippen LogP contribution is -2.07. The fraction of sp³-hybridized carbons (Fsp3) is 0.429. The van der Waals surface area contributed by atoms with Crippen LogP contribution in [0.4, 0.5) is 0 Å². The molecule has 0 spiro atoms. The summed E-state index contributed by atoms with van der Waals surface area (Å²) in [6, 6.07) is 0. The molecule has 3 heteroatoms. The molecule has 0 aliphatic carbocycles. The number of rotatable bonds is 3. The molecule has 0 aliphatic rings. The van der Waals surface area contributed by atoms with Gasteiger partial charge in [-0.2, -0.15) is 0 Å². The van der Waals surface area contributed by atoms with Gasteiger partial charge in [0, 0.05) is 12.7 Å². The van der Waals surface area contributed by atoms with Crippen molar-refractivity contribution in [3.8, 4) is 0 Å². The molecular formula is C7H14N2O. The summed E-state index contributed by atoms with van der Waals surface area (Å²) in [5.41, 5.74) is 5.98. The normalized spacial score (nSPS) is 13.1. The Labute approximate surface area is 61.6 Å². The van der Waals surface area contributed by atoms with Gasteiger partial charge in [0.25, 0.3) is 0 Å². The van der Waals surface area contributed by atoms with Crippen LogP contribution in [0.5, 0.6) is 0 Å². The lowest BCUT2D eigenvalue weighted by molar-refractivity contribution is 0.318. The average Bonchev–Trinajstić information content (AvgIpc) is 1.90. The first-order valence-corrected chi connectivity index (χ1v) is 3.13. The van der Waals surface area contributed by atoms with Crippen molar-refractivity contribution in [1.29, 1.82) is 0 Å². The summed E-state index contributed by atoms with van der Waals surface area (Å²) in [6.07, 6.45) is 3.31. The van der Waals surface area contributed by atoms with Crippen LogP contribution in [0.25, 0.3) is 0 Å². The Morgan fingerprint density at radius 2 is 2.20 bits per heavy atom. The number of hydrogen-bond donors (Lipinski definition) is 2. The van der Waals surface area contributed by atoms with Gasteiger partial charge >= 0.3 is 0 Å². The third kappa shape index (κ3) is 3.83. The Morgan fingerprint density at radius 1 is 1.60 bits per heavy atom. The van der Waals surface area contributed by atoms with Gasteiger partial charge in [0.2, 0.25) is 0 Å². The average molecular weight is 142 g/mol. The maximum atomic E-state index is 5.33. The highest BCUT2D eigenvalue weighted by atomic mass is 16.5. The van der Waals surface area contributed by atoms with Gasteiger partial charge in [0.05, 0.1) is 0 Å². The third-order valence-electron chi connectivity index (χ3n) is 0.880. The van der Waals surface area contributed by atoms with Crippen LogP contribution in [0.2, 0.25) is 0 Å². The van der Waals surface area contributed by atoms with Crippen LogP contribution < -0.4 is 11.1 Å². The fourth-order valence-corrected chi connectivity index (χ4v) is 0.428. The highest BCUT2D eigenvalue weighted by Crippen LogP contribution is 1.92. The molecule has 0 heterocycles.